The Morgan fingerprint density at radius 3 is 1.22 bits per heavy atom. The molecule has 0 atom stereocenters. The van der Waals surface area contributed by atoms with E-state index in [1.165, 1.54) is 0 Å². The first kappa shape index (κ1) is 15.7. The van der Waals surface area contributed by atoms with Crippen molar-refractivity contribution in [3.63, 3.8) is 0 Å². The number of hydrogen-bond acceptors (Lipinski definition) is 6. The van der Waals surface area contributed by atoms with Crippen molar-refractivity contribution < 1.29 is 36.6 Å². The fourth-order valence-electron chi connectivity index (χ4n) is 0. The van der Waals surface area contributed by atoms with Gasteiger partial charge in [0.15, 0.2) is 0 Å². The number of carboxylic acid groups (broad SMARTS) is 2. The van der Waals surface area contributed by atoms with E-state index in [4.69, 9.17) is 30.3 Å². The van der Waals surface area contributed by atoms with E-state index in [0.717, 1.165) is 0 Å². The van der Waals surface area contributed by atoms with Crippen LogP contribution in [0.15, 0.2) is 0 Å². The van der Waals surface area contributed by atoms with Crippen LogP contribution in [0.1, 0.15) is 0 Å². The molecule has 0 spiro atoms. The van der Waals surface area contributed by atoms with Crippen molar-refractivity contribution >= 4 is 6.16 Å². The monoisotopic (exact) mass is 180 g/mol. The molecule has 0 aliphatic heterocycles. The third kappa shape index (κ3) is 160. The normalized spacial score (nSPS) is 5.33. The Hall–Kier alpha value is -1.04. The van der Waals surface area contributed by atoms with Crippen LogP contribution in [0.4, 0.5) is 4.79 Å². The van der Waals surface area contributed by atoms with Crippen LogP contribution in [0.5, 0.6) is 0 Å². The smallest absolute Gasteiger partial charge is 0.652 e. The summed E-state index contributed by atoms with van der Waals surface area (Å²) in [5.74, 6) is 0. The summed E-state index contributed by atoms with van der Waals surface area (Å²) in [4.78, 5) is 16.6. The molecule has 0 heterocycles. The van der Waals surface area contributed by atoms with Crippen LogP contribution in [0.25, 0.3) is 0 Å². The van der Waals surface area contributed by atoms with Gasteiger partial charge in [0, 0.05) is 0 Å². The van der Waals surface area contributed by atoms with E-state index in [1.807, 2.05) is 0 Å². The molecule has 0 aromatic carbocycles. The van der Waals surface area contributed by atoms with Gasteiger partial charge in [-0.3, -0.25) is 0 Å². The van der Waals surface area contributed by atoms with Gasteiger partial charge in [-0.2, -0.15) is 0 Å². The topological polar surface area (TPSA) is 129 Å². The molecule has 0 unspecified atom stereocenters. The minimum Gasteiger partial charge on any atom is -0.652 e. The first-order valence-corrected chi connectivity index (χ1v) is 1.16. The van der Waals surface area contributed by atoms with Gasteiger partial charge in [0.1, 0.15) is 0 Å². The molecule has 0 saturated heterocycles. The molecule has 0 rings (SSSR count). The summed E-state index contributed by atoms with van der Waals surface area (Å²) in [5.41, 5.74) is 0. The van der Waals surface area contributed by atoms with Crippen molar-refractivity contribution in [3.8, 4) is 0 Å². The van der Waals surface area contributed by atoms with Gasteiger partial charge in [0.2, 0.25) is 0 Å². The standard InChI is InChI=1S/CH2O3.NO3.Ni/c2*2-1(3)4;/h(H2,2,3,4);;/q;-1;+3/p-2. The van der Waals surface area contributed by atoms with Crippen molar-refractivity contribution in [3.05, 3.63) is 15.3 Å². The van der Waals surface area contributed by atoms with Crippen molar-refractivity contribution in [2.24, 2.45) is 0 Å². The number of carbonyl (C=O) groups excluding carboxylic acids is 1. The summed E-state index contributed by atoms with van der Waals surface area (Å²) in [6.45, 7) is 0. The first-order chi connectivity index (χ1) is 3.46. The van der Waals surface area contributed by atoms with E-state index in [2.05, 4.69) is 0 Å². The van der Waals surface area contributed by atoms with E-state index < -0.39 is 11.2 Å². The van der Waals surface area contributed by atoms with Gasteiger partial charge in [-0.1, -0.05) is 0 Å². The maximum absolute atomic E-state index is 8.33. The molecule has 1 radical (unpaired) electrons. The second kappa shape index (κ2) is 10.1. The first-order valence-electron chi connectivity index (χ1n) is 1.16. The van der Waals surface area contributed by atoms with Gasteiger partial charge in [-0.05, 0) is 6.16 Å². The van der Waals surface area contributed by atoms with Gasteiger partial charge >= 0.3 is 16.5 Å². The van der Waals surface area contributed by atoms with Gasteiger partial charge in [-0.15, -0.1) is 0 Å². The molecular weight excluding hydrogens is 181 g/mol. The van der Waals surface area contributed by atoms with E-state index in [9.17, 15) is 0 Å². The largest absolute Gasteiger partial charge is 3.00 e. The van der Waals surface area contributed by atoms with Crippen LogP contribution in [-0.4, -0.2) is 11.2 Å². The molecule has 7 nitrogen and oxygen atoms in total. The van der Waals surface area contributed by atoms with Gasteiger partial charge < -0.3 is 30.3 Å². The number of hydrogen-bond donors (Lipinski definition) is 0. The summed E-state index contributed by atoms with van der Waals surface area (Å²) >= 11 is 0. The van der Waals surface area contributed by atoms with Gasteiger partial charge in [-0.25, -0.2) is 0 Å². The molecule has 0 fully saturated rings. The van der Waals surface area contributed by atoms with Crippen LogP contribution >= 0.6 is 0 Å². The predicted molar refractivity (Wildman–Crippen MR) is 15.8 cm³/mol. The Bertz CT molecular complexity index is 71.1. The molecule has 0 aliphatic rings. The molecule has 9 heavy (non-hydrogen) atoms. The minimum absolute atomic E-state index is 0. The second-order valence-electron chi connectivity index (χ2n) is 0.474. The van der Waals surface area contributed by atoms with Crippen LogP contribution in [0.2, 0.25) is 0 Å². The van der Waals surface area contributed by atoms with Crippen LogP contribution in [-0.2, 0) is 16.5 Å². The zero-order valence-electron chi connectivity index (χ0n) is 3.71. The molecule has 55 valence electrons. The zero-order chi connectivity index (χ0) is 7.15. The summed E-state index contributed by atoms with van der Waals surface area (Å²) in [7, 11) is 0. The molecular formula is CNNiO6. The van der Waals surface area contributed by atoms with Crippen molar-refractivity contribution in [1.29, 1.82) is 0 Å². The SMILES string of the molecule is O=C([O-])[O-].O=[N+]([O-])[O-].[Ni+3]. The van der Waals surface area contributed by atoms with Crippen molar-refractivity contribution in [1.82, 2.24) is 0 Å². The number of carbonyl (C=O) groups is 1. The maximum Gasteiger partial charge on any atom is 3.00 e. The molecule has 0 aromatic rings. The van der Waals surface area contributed by atoms with Crippen LogP contribution in [0.3, 0.4) is 0 Å². The summed E-state index contributed by atoms with van der Waals surface area (Å²) in [5, 5.41) is 31.4. The molecule has 0 saturated carbocycles. The van der Waals surface area contributed by atoms with E-state index in [-0.39, 0.29) is 16.5 Å². The Labute approximate surface area is 58.9 Å². The Morgan fingerprint density at radius 2 is 1.22 bits per heavy atom. The molecule has 0 aliphatic carbocycles. The number of nitrogens with zero attached hydrogens (tertiary/aromatic N) is 1. The Morgan fingerprint density at radius 1 is 1.22 bits per heavy atom. The second-order valence-corrected chi connectivity index (χ2v) is 0.474. The van der Waals surface area contributed by atoms with Crippen LogP contribution < -0.4 is 10.2 Å². The fourth-order valence-corrected chi connectivity index (χ4v) is 0. The Kier molecular flexibility index (Phi) is 17.5. The summed E-state index contributed by atoms with van der Waals surface area (Å²) in [6.07, 6.45) is -2.33. The molecule has 0 aromatic heterocycles. The third-order valence-corrected chi connectivity index (χ3v) is 0. The van der Waals surface area contributed by atoms with E-state index in [0.29, 0.717) is 0 Å². The quantitative estimate of drug-likeness (QED) is 0.227. The molecule has 8 heteroatoms. The van der Waals surface area contributed by atoms with E-state index in [1.54, 1.807) is 0 Å². The molecule has 0 bridgehead atoms. The van der Waals surface area contributed by atoms with Gasteiger partial charge in [0.25, 0.3) is 0 Å². The summed E-state index contributed by atoms with van der Waals surface area (Å²) in [6, 6.07) is 0. The zero-order valence-corrected chi connectivity index (χ0v) is 4.70. The minimum atomic E-state index is -2.33. The Balaban J connectivity index is -0.0000000720. The maximum atomic E-state index is 8.33. The average molecular weight is 181 g/mol. The molecule has 0 amide bonds. The van der Waals surface area contributed by atoms with Crippen molar-refractivity contribution in [2.75, 3.05) is 0 Å². The van der Waals surface area contributed by atoms with Crippen molar-refractivity contribution in [2.45, 2.75) is 0 Å². The van der Waals surface area contributed by atoms with Crippen LogP contribution in [0, 0.1) is 15.3 Å². The summed E-state index contributed by atoms with van der Waals surface area (Å²) < 4.78 is 0. The average Bonchev–Trinajstić information content (AvgIpc) is 1.25. The van der Waals surface area contributed by atoms with Gasteiger partial charge in [0.05, 0.1) is 5.09 Å². The van der Waals surface area contributed by atoms with E-state index >= 15 is 0 Å². The molecule has 0 N–H and O–H groups in total. The fraction of sp³-hybridized carbons (Fsp3) is 0. The number of rotatable bonds is 0. The predicted octanol–water partition coefficient (Wildman–Crippen LogP) is -2.69. The third-order valence-electron chi connectivity index (χ3n) is 0.